The molecule has 3 rings (SSSR count). The van der Waals surface area contributed by atoms with Gasteiger partial charge in [0.05, 0.1) is 4.91 Å². The Labute approximate surface area is 167 Å². The summed E-state index contributed by atoms with van der Waals surface area (Å²) in [6.07, 6.45) is 1.63. The second-order valence-corrected chi connectivity index (χ2v) is 7.72. The molecule has 0 unspecified atom stereocenters. The molecule has 1 aliphatic rings. The molecular formula is C18H12BrClN2O3S. The van der Waals surface area contributed by atoms with E-state index in [1.54, 1.807) is 30.3 Å². The largest absolute Gasteiger partial charge is 0.324 e. The number of anilines is 1. The summed E-state index contributed by atoms with van der Waals surface area (Å²) in [6, 6.07) is 14.0. The third-order valence-electron chi connectivity index (χ3n) is 3.45. The molecule has 1 aliphatic heterocycles. The number of halogens is 2. The lowest BCUT2D eigenvalue weighted by atomic mass is 10.2. The molecule has 132 valence electrons. The molecule has 0 atom stereocenters. The number of amides is 3. The molecule has 0 saturated carbocycles. The molecule has 5 nitrogen and oxygen atoms in total. The van der Waals surface area contributed by atoms with Crippen molar-refractivity contribution in [3.8, 4) is 0 Å². The van der Waals surface area contributed by atoms with Gasteiger partial charge in [-0.3, -0.25) is 19.3 Å². The number of hydrogen-bond donors (Lipinski definition) is 1. The molecule has 26 heavy (non-hydrogen) atoms. The van der Waals surface area contributed by atoms with Gasteiger partial charge in [-0.1, -0.05) is 45.7 Å². The van der Waals surface area contributed by atoms with Crippen LogP contribution in [0.2, 0.25) is 5.02 Å². The zero-order chi connectivity index (χ0) is 18.7. The fourth-order valence-electron chi connectivity index (χ4n) is 2.26. The van der Waals surface area contributed by atoms with E-state index in [2.05, 4.69) is 21.2 Å². The van der Waals surface area contributed by atoms with E-state index in [0.29, 0.717) is 10.7 Å². The third kappa shape index (κ3) is 4.55. The number of nitrogens with one attached hydrogen (secondary N) is 1. The second-order valence-electron chi connectivity index (χ2n) is 5.38. The van der Waals surface area contributed by atoms with Crippen LogP contribution in [0, 0.1) is 0 Å². The van der Waals surface area contributed by atoms with Crippen LogP contribution in [-0.2, 0) is 9.59 Å². The van der Waals surface area contributed by atoms with Gasteiger partial charge in [0.15, 0.2) is 0 Å². The molecule has 0 aliphatic carbocycles. The number of rotatable bonds is 4. The SMILES string of the molecule is O=C(CN1C(=O)S/C(=C/c2ccc(Br)cc2)C1=O)Nc1cccc(Cl)c1. The number of carbonyl (C=O) groups excluding carboxylic acids is 3. The van der Waals surface area contributed by atoms with Crippen molar-refractivity contribution in [1.82, 2.24) is 4.90 Å². The van der Waals surface area contributed by atoms with Gasteiger partial charge in [0.1, 0.15) is 6.54 Å². The Balaban J connectivity index is 1.69. The summed E-state index contributed by atoms with van der Waals surface area (Å²) < 4.78 is 0.917. The molecule has 1 fully saturated rings. The van der Waals surface area contributed by atoms with Gasteiger partial charge in [-0.25, -0.2) is 0 Å². The summed E-state index contributed by atoms with van der Waals surface area (Å²) in [5, 5.41) is 2.62. The van der Waals surface area contributed by atoms with Gasteiger partial charge in [-0.15, -0.1) is 0 Å². The second kappa shape index (κ2) is 8.07. The Morgan fingerprint density at radius 1 is 1.19 bits per heavy atom. The molecule has 8 heteroatoms. The number of nitrogens with zero attached hydrogens (tertiary/aromatic N) is 1. The van der Waals surface area contributed by atoms with Crippen molar-refractivity contribution in [2.24, 2.45) is 0 Å². The lowest BCUT2D eigenvalue weighted by Crippen LogP contribution is -2.36. The van der Waals surface area contributed by atoms with Gasteiger partial charge in [0, 0.05) is 15.2 Å². The van der Waals surface area contributed by atoms with Crippen LogP contribution >= 0.6 is 39.3 Å². The quantitative estimate of drug-likeness (QED) is 0.680. The lowest BCUT2D eigenvalue weighted by Gasteiger charge is -2.12. The zero-order valence-corrected chi connectivity index (χ0v) is 16.4. The Bertz CT molecular complexity index is 915. The highest BCUT2D eigenvalue weighted by atomic mass is 79.9. The van der Waals surface area contributed by atoms with E-state index >= 15 is 0 Å². The monoisotopic (exact) mass is 450 g/mol. The number of imide groups is 1. The molecule has 1 saturated heterocycles. The predicted molar refractivity (Wildman–Crippen MR) is 107 cm³/mol. The van der Waals surface area contributed by atoms with Crippen molar-refractivity contribution in [3.63, 3.8) is 0 Å². The maximum absolute atomic E-state index is 12.4. The zero-order valence-electron chi connectivity index (χ0n) is 13.2. The van der Waals surface area contributed by atoms with Crippen LogP contribution in [0.3, 0.4) is 0 Å². The van der Waals surface area contributed by atoms with Crippen LogP contribution < -0.4 is 5.32 Å². The van der Waals surface area contributed by atoms with E-state index in [0.717, 1.165) is 26.7 Å². The van der Waals surface area contributed by atoms with E-state index in [-0.39, 0.29) is 11.4 Å². The first-order valence-corrected chi connectivity index (χ1v) is 9.47. The van der Waals surface area contributed by atoms with Gasteiger partial charge in [-0.2, -0.15) is 0 Å². The molecule has 0 radical (unpaired) electrons. The Kier molecular flexibility index (Phi) is 5.80. The number of carbonyl (C=O) groups is 3. The predicted octanol–water partition coefficient (Wildman–Crippen LogP) is 4.78. The van der Waals surface area contributed by atoms with Crippen molar-refractivity contribution in [3.05, 3.63) is 68.5 Å². The summed E-state index contributed by atoms with van der Waals surface area (Å²) in [5.41, 5.74) is 1.29. The van der Waals surface area contributed by atoms with Crippen LogP contribution in [0.4, 0.5) is 10.5 Å². The van der Waals surface area contributed by atoms with Crippen LogP contribution in [0.15, 0.2) is 57.9 Å². The van der Waals surface area contributed by atoms with Gasteiger partial charge < -0.3 is 5.32 Å². The molecular weight excluding hydrogens is 440 g/mol. The van der Waals surface area contributed by atoms with Gasteiger partial charge in [0.25, 0.3) is 11.1 Å². The third-order valence-corrected chi connectivity index (χ3v) is 5.12. The summed E-state index contributed by atoms with van der Waals surface area (Å²) in [5.74, 6) is -0.955. The van der Waals surface area contributed by atoms with Crippen LogP contribution in [-0.4, -0.2) is 28.5 Å². The minimum Gasteiger partial charge on any atom is -0.324 e. The van der Waals surface area contributed by atoms with Crippen LogP contribution in [0.1, 0.15) is 5.56 Å². The minimum absolute atomic E-state index is 0.285. The van der Waals surface area contributed by atoms with Crippen LogP contribution in [0.25, 0.3) is 6.08 Å². The highest BCUT2D eigenvalue weighted by Crippen LogP contribution is 2.32. The van der Waals surface area contributed by atoms with Gasteiger partial charge in [-0.05, 0) is 53.7 Å². The number of benzene rings is 2. The topological polar surface area (TPSA) is 66.5 Å². The van der Waals surface area contributed by atoms with Crippen molar-refractivity contribution in [2.45, 2.75) is 0 Å². The van der Waals surface area contributed by atoms with Crippen molar-refractivity contribution < 1.29 is 14.4 Å². The van der Waals surface area contributed by atoms with Crippen molar-refractivity contribution in [1.29, 1.82) is 0 Å². The maximum atomic E-state index is 12.4. The number of thioether (sulfide) groups is 1. The molecule has 0 bridgehead atoms. The normalized spacial score (nSPS) is 15.6. The fourth-order valence-corrected chi connectivity index (χ4v) is 3.55. The van der Waals surface area contributed by atoms with Gasteiger partial charge in [0.2, 0.25) is 5.91 Å². The summed E-state index contributed by atoms with van der Waals surface area (Å²) in [4.78, 5) is 37.9. The molecule has 1 heterocycles. The first-order valence-electron chi connectivity index (χ1n) is 7.49. The van der Waals surface area contributed by atoms with Crippen LogP contribution in [0.5, 0.6) is 0 Å². The summed E-state index contributed by atoms with van der Waals surface area (Å²) in [7, 11) is 0. The highest BCUT2D eigenvalue weighted by molar-refractivity contribution is 9.10. The Morgan fingerprint density at radius 3 is 2.62 bits per heavy atom. The first-order chi connectivity index (χ1) is 12.4. The minimum atomic E-state index is -0.482. The molecule has 1 N–H and O–H groups in total. The molecule has 2 aromatic rings. The molecule has 0 aromatic heterocycles. The molecule has 3 amide bonds. The molecule has 2 aromatic carbocycles. The van der Waals surface area contributed by atoms with Crippen molar-refractivity contribution >= 4 is 68.1 Å². The van der Waals surface area contributed by atoms with Gasteiger partial charge >= 0.3 is 0 Å². The van der Waals surface area contributed by atoms with Crippen molar-refractivity contribution in [2.75, 3.05) is 11.9 Å². The van der Waals surface area contributed by atoms with E-state index in [9.17, 15) is 14.4 Å². The fraction of sp³-hybridized carbons (Fsp3) is 0.0556. The summed E-state index contributed by atoms with van der Waals surface area (Å²) in [6.45, 7) is -0.352. The standard InChI is InChI=1S/C18H12BrClN2O3S/c19-12-6-4-11(5-7-12)8-15-17(24)22(18(25)26-15)10-16(23)21-14-3-1-2-13(20)9-14/h1-9H,10H2,(H,21,23)/b15-8+. The first kappa shape index (κ1) is 18.7. The van der Waals surface area contributed by atoms with E-state index in [1.165, 1.54) is 0 Å². The summed E-state index contributed by atoms with van der Waals surface area (Å²) >= 11 is 10.0. The highest BCUT2D eigenvalue weighted by Gasteiger charge is 2.36. The average Bonchev–Trinajstić information content (AvgIpc) is 2.84. The van der Waals surface area contributed by atoms with E-state index in [4.69, 9.17) is 11.6 Å². The van der Waals surface area contributed by atoms with E-state index in [1.807, 2.05) is 24.3 Å². The van der Waals surface area contributed by atoms with E-state index < -0.39 is 17.1 Å². The lowest BCUT2D eigenvalue weighted by molar-refractivity contribution is -0.127. The smallest absolute Gasteiger partial charge is 0.294 e. The Hall–Kier alpha value is -2.09. The Morgan fingerprint density at radius 2 is 1.92 bits per heavy atom. The number of hydrogen-bond acceptors (Lipinski definition) is 4. The average molecular weight is 452 g/mol. The molecule has 0 spiro atoms. The maximum Gasteiger partial charge on any atom is 0.294 e.